The minimum atomic E-state index is -0.561. The quantitative estimate of drug-likeness (QED) is 0.510. The Hall–Kier alpha value is -0.160. The van der Waals surface area contributed by atoms with E-state index in [1.807, 2.05) is 0 Å². The highest BCUT2D eigenvalue weighted by atomic mass is 16.7. The molecule has 0 atom stereocenters. The van der Waals surface area contributed by atoms with Crippen molar-refractivity contribution in [3.05, 3.63) is 10.4 Å². The smallest absolute Gasteiger partial charge is 0.0337 e. The molecule has 0 aromatic heterocycles. The van der Waals surface area contributed by atoms with E-state index in [1.54, 1.807) is 27.7 Å². The lowest BCUT2D eigenvalue weighted by molar-refractivity contribution is -0.240. The number of rotatable bonds is 0. The van der Waals surface area contributed by atoms with Crippen molar-refractivity contribution in [1.29, 1.82) is 0 Å². The third-order valence-electron chi connectivity index (χ3n) is 2.62. The van der Waals surface area contributed by atoms with Gasteiger partial charge in [0.15, 0.2) is 0 Å². The first-order chi connectivity index (χ1) is 4.32. The molecule has 0 aromatic carbocycles. The van der Waals surface area contributed by atoms with Crippen LogP contribution in [0, 0.1) is 10.4 Å². The SMILES string of the molecule is CC1(C)N([O-])N([O-])C1(C)C. The molecule has 60 valence electrons. The van der Waals surface area contributed by atoms with Crippen molar-refractivity contribution in [3.63, 3.8) is 0 Å². The van der Waals surface area contributed by atoms with Crippen LogP contribution in [0.15, 0.2) is 0 Å². The zero-order valence-electron chi connectivity index (χ0n) is 6.71. The summed E-state index contributed by atoms with van der Waals surface area (Å²) in [5.74, 6) is 0. The topological polar surface area (TPSA) is 52.6 Å². The summed E-state index contributed by atoms with van der Waals surface area (Å²) in [5.41, 5.74) is -1.12. The molecule has 0 aromatic rings. The summed E-state index contributed by atoms with van der Waals surface area (Å²) < 4.78 is 0. The van der Waals surface area contributed by atoms with Crippen LogP contribution in [-0.2, 0) is 0 Å². The highest BCUT2D eigenvalue weighted by Gasteiger charge is 2.49. The van der Waals surface area contributed by atoms with E-state index in [0.29, 0.717) is 10.3 Å². The minimum Gasteiger partial charge on any atom is -0.772 e. The lowest BCUT2D eigenvalue weighted by Crippen LogP contribution is -2.78. The Kier molecular flexibility index (Phi) is 1.36. The molecule has 1 aliphatic rings. The summed E-state index contributed by atoms with van der Waals surface area (Å²) in [4.78, 5) is 0. The molecule has 0 saturated carbocycles. The molecule has 0 amide bonds. The summed E-state index contributed by atoms with van der Waals surface area (Å²) >= 11 is 0. The lowest BCUT2D eigenvalue weighted by atomic mass is 9.79. The van der Waals surface area contributed by atoms with Gasteiger partial charge in [-0.15, -0.1) is 0 Å². The Morgan fingerprint density at radius 2 is 1.00 bits per heavy atom. The van der Waals surface area contributed by atoms with Crippen LogP contribution in [0.3, 0.4) is 0 Å². The molecule has 0 spiro atoms. The summed E-state index contributed by atoms with van der Waals surface area (Å²) in [6, 6.07) is 0. The Balaban J connectivity index is 2.82. The highest BCUT2D eigenvalue weighted by molar-refractivity contribution is 5.10. The maximum absolute atomic E-state index is 10.8. The second-order valence-electron chi connectivity index (χ2n) is 3.66. The van der Waals surface area contributed by atoms with Crippen molar-refractivity contribution >= 4 is 0 Å². The molecule has 10 heavy (non-hydrogen) atoms. The second kappa shape index (κ2) is 1.71. The van der Waals surface area contributed by atoms with E-state index in [1.165, 1.54) is 0 Å². The predicted octanol–water partition coefficient (Wildman–Crippen LogP) is 1.07. The van der Waals surface area contributed by atoms with Crippen molar-refractivity contribution < 1.29 is 0 Å². The molecule has 0 aliphatic carbocycles. The van der Waals surface area contributed by atoms with Crippen molar-refractivity contribution in [1.82, 2.24) is 10.3 Å². The highest BCUT2D eigenvalue weighted by Crippen LogP contribution is 2.43. The average Bonchev–Trinajstić information content (AvgIpc) is 1.84. The van der Waals surface area contributed by atoms with Crippen molar-refractivity contribution in [2.24, 2.45) is 0 Å². The van der Waals surface area contributed by atoms with E-state index in [0.717, 1.165) is 0 Å². The van der Waals surface area contributed by atoms with Gasteiger partial charge in [0.2, 0.25) is 0 Å². The number of hydroxylamine groups is 2. The van der Waals surface area contributed by atoms with Gasteiger partial charge in [0.1, 0.15) is 0 Å². The van der Waals surface area contributed by atoms with E-state index in [9.17, 15) is 10.4 Å². The number of nitrogens with zero attached hydrogens (tertiary/aromatic N) is 2. The van der Waals surface area contributed by atoms with Gasteiger partial charge in [0.05, 0.1) is 0 Å². The van der Waals surface area contributed by atoms with Crippen LogP contribution in [0.4, 0.5) is 0 Å². The first-order valence-electron chi connectivity index (χ1n) is 3.26. The molecule has 4 heteroatoms. The van der Waals surface area contributed by atoms with Crippen LogP contribution >= 0.6 is 0 Å². The van der Waals surface area contributed by atoms with Gasteiger partial charge in [0, 0.05) is 11.1 Å². The fraction of sp³-hybridized carbons (Fsp3) is 1.00. The third kappa shape index (κ3) is 0.594. The fourth-order valence-electron chi connectivity index (χ4n) is 0.878. The Bertz CT molecular complexity index is 138. The lowest BCUT2D eigenvalue weighted by Gasteiger charge is -2.76. The maximum atomic E-state index is 10.8. The molecule has 1 heterocycles. The molecule has 1 aliphatic heterocycles. The van der Waals surface area contributed by atoms with Gasteiger partial charge < -0.3 is 20.8 Å². The molecular formula is C6H12N2O2-2. The molecule has 4 nitrogen and oxygen atoms in total. The zero-order valence-corrected chi connectivity index (χ0v) is 6.71. The Labute approximate surface area is 60.5 Å². The number of hydrogen-bond acceptors (Lipinski definition) is 4. The van der Waals surface area contributed by atoms with E-state index in [2.05, 4.69) is 0 Å². The van der Waals surface area contributed by atoms with Crippen LogP contribution in [0.1, 0.15) is 27.7 Å². The Morgan fingerprint density at radius 3 is 1.10 bits per heavy atom. The van der Waals surface area contributed by atoms with Crippen LogP contribution in [-0.4, -0.2) is 21.4 Å². The fourth-order valence-corrected chi connectivity index (χ4v) is 0.878. The first kappa shape index (κ1) is 7.94. The van der Waals surface area contributed by atoms with Gasteiger partial charge in [0.25, 0.3) is 0 Å². The Morgan fingerprint density at radius 1 is 0.800 bits per heavy atom. The third-order valence-corrected chi connectivity index (χ3v) is 2.62. The molecular weight excluding hydrogens is 132 g/mol. The summed E-state index contributed by atoms with van der Waals surface area (Å²) in [7, 11) is 0. The summed E-state index contributed by atoms with van der Waals surface area (Å²) in [6.45, 7) is 7.03. The molecule has 1 fully saturated rings. The van der Waals surface area contributed by atoms with Gasteiger partial charge in [-0.05, 0) is 27.7 Å². The van der Waals surface area contributed by atoms with Crippen molar-refractivity contribution in [3.8, 4) is 0 Å². The van der Waals surface area contributed by atoms with Crippen LogP contribution in [0.2, 0.25) is 0 Å². The average molecular weight is 144 g/mol. The van der Waals surface area contributed by atoms with E-state index in [4.69, 9.17) is 0 Å². The molecule has 0 radical (unpaired) electrons. The van der Waals surface area contributed by atoms with Crippen LogP contribution in [0.25, 0.3) is 0 Å². The molecule has 0 unspecified atom stereocenters. The normalized spacial score (nSPS) is 31.8. The summed E-state index contributed by atoms with van der Waals surface area (Å²) in [6.07, 6.45) is 0. The predicted molar refractivity (Wildman–Crippen MR) is 38.6 cm³/mol. The molecule has 0 N–H and O–H groups in total. The van der Waals surface area contributed by atoms with E-state index in [-0.39, 0.29) is 0 Å². The minimum absolute atomic E-state index is 0.465. The number of hydrogen-bond donors (Lipinski definition) is 0. The van der Waals surface area contributed by atoms with Gasteiger partial charge in [-0.2, -0.15) is 0 Å². The van der Waals surface area contributed by atoms with Gasteiger partial charge in [-0.25, -0.2) is 0 Å². The van der Waals surface area contributed by atoms with Crippen molar-refractivity contribution in [2.75, 3.05) is 0 Å². The molecule has 1 saturated heterocycles. The monoisotopic (exact) mass is 144 g/mol. The number of hydrazine groups is 1. The van der Waals surface area contributed by atoms with E-state index >= 15 is 0 Å². The second-order valence-corrected chi connectivity index (χ2v) is 3.66. The van der Waals surface area contributed by atoms with Gasteiger partial charge >= 0.3 is 0 Å². The zero-order chi connectivity index (χ0) is 8.15. The van der Waals surface area contributed by atoms with Crippen LogP contribution < -0.4 is 0 Å². The van der Waals surface area contributed by atoms with E-state index < -0.39 is 11.1 Å². The first-order valence-corrected chi connectivity index (χ1v) is 3.26. The van der Waals surface area contributed by atoms with Crippen molar-refractivity contribution in [2.45, 2.75) is 38.8 Å². The standard InChI is InChI=1S/C6H12N2O2/c1-5(2)6(3,4)8(10)7(5)9/h1-4H3/q-2. The summed E-state index contributed by atoms with van der Waals surface area (Å²) in [5, 5.41) is 22.6. The van der Waals surface area contributed by atoms with Gasteiger partial charge in [-0.3, -0.25) is 0 Å². The maximum Gasteiger partial charge on any atom is 0.0337 e. The molecule has 1 rings (SSSR count). The largest absolute Gasteiger partial charge is 0.772 e. The van der Waals surface area contributed by atoms with Gasteiger partial charge in [-0.1, -0.05) is 0 Å². The van der Waals surface area contributed by atoms with Crippen LogP contribution in [0.5, 0.6) is 0 Å². The molecule has 0 bridgehead atoms.